The first-order valence-electron chi connectivity index (χ1n) is 9.11. The number of hydrogen-bond donors (Lipinski definition) is 4. The van der Waals surface area contributed by atoms with Crippen LogP contribution in [0.2, 0.25) is 0 Å². The highest BCUT2D eigenvalue weighted by molar-refractivity contribution is 7.81. The van der Waals surface area contributed by atoms with Crippen molar-refractivity contribution in [1.82, 2.24) is 10.9 Å². The highest BCUT2D eigenvalue weighted by atomic mass is 32.1. The predicted molar refractivity (Wildman–Crippen MR) is 130 cm³/mol. The van der Waals surface area contributed by atoms with E-state index in [9.17, 15) is 0 Å². The number of benzene rings is 3. The Bertz CT molecular complexity index is 1030. The lowest BCUT2D eigenvalue weighted by Gasteiger charge is -2.17. The van der Waals surface area contributed by atoms with Crippen LogP contribution in [-0.2, 0) is 0 Å². The third-order valence-electron chi connectivity index (χ3n) is 4.20. The van der Waals surface area contributed by atoms with Gasteiger partial charge in [-0.15, -0.1) is 0 Å². The summed E-state index contributed by atoms with van der Waals surface area (Å²) in [6.45, 7) is 0. The zero-order valence-electron chi connectivity index (χ0n) is 16.6. The molecule has 0 bridgehead atoms. The third kappa shape index (κ3) is 5.59. The van der Waals surface area contributed by atoms with Crippen molar-refractivity contribution in [2.45, 2.75) is 0 Å². The van der Waals surface area contributed by atoms with Crippen LogP contribution in [0.15, 0.2) is 72.8 Å². The normalized spacial score (nSPS) is 9.93. The Labute approximate surface area is 186 Å². The van der Waals surface area contributed by atoms with Crippen LogP contribution in [0.5, 0.6) is 11.5 Å². The van der Waals surface area contributed by atoms with Crippen molar-refractivity contribution in [2.75, 3.05) is 24.9 Å². The summed E-state index contributed by atoms with van der Waals surface area (Å²) in [7, 11) is 3.19. The summed E-state index contributed by atoms with van der Waals surface area (Å²) in [6.07, 6.45) is 0. The zero-order valence-corrected chi connectivity index (χ0v) is 18.2. The van der Waals surface area contributed by atoms with Gasteiger partial charge < -0.3 is 20.1 Å². The SMILES string of the molecule is COc1ccc(OC)c(NC(=S)NNC(=S)Nc2ccccc2-c2ccccc2)c1. The Morgan fingerprint density at radius 3 is 2.00 bits per heavy atom. The van der Waals surface area contributed by atoms with E-state index >= 15 is 0 Å². The lowest BCUT2D eigenvalue weighted by Crippen LogP contribution is -2.45. The standard InChI is InChI=1S/C22H22N4O2S2/c1-27-16-12-13-20(28-2)19(14-16)24-22(30)26-25-21(29)23-18-11-7-6-10-17(18)15-8-4-3-5-9-15/h3-14H,1-2H3,(H2,23,25,29)(H2,24,26,30). The van der Waals surface area contributed by atoms with Crippen molar-refractivity contribution >= 4 is 46.0 Å². The Kier molecular flexibility index (Phi) is 7.42. The number of ether oxygens (including phenoxy) is 2. The molecule has 0 radical (unpaired) electrons. The minimum atomic E-state index is 0.321. The number of para-hydroxylation sites is 1. The molecule has 0 saturated carbocycles. The summed E-state index contributed by atoms with van der Waals surface area (Å²) in [5.74, 6) is 1.32. The quantitative estimate of drug-likeness (QED) is 0.342. The van der Waals surface area contributed by atoms with Gasteiger partial charge >= 0.3 is 0 Å². The topological polar surface area (TPSA) is 66.6 Å². The largest absolute Gasteiger partial charge is 0.497 e. The van der Waals surface area contributed by atoms with Crippen LogP contribution in [0.4, 0.5) is 11.4 Å². The average molecular weight is 439 g/mol. The van der Waals surface area contributed by atoms with E-state index in [1.165, 1.54) is 0 Å². The summed E-state index contributed by atoms with van der Waals surface area (Å²) >= 11 is 10.7. The van der Waals surface area contributed by atoms with E-state index in [-0.39, 0.29) is 0 Å². The van der Waals surface area contributed by atoms with Crippen LogP contribution in [0, 0.1) is 0 Å². The van der Waals surface area contributed by atoms with Gasteiger partial charge in [0.1, 0.15) is 11.5 Å². The molecule has 8 heteroatoms. The van der Waals surface area contributed by atoms with Crippen molar-refractivity contribution in [1.29, 1.82) is 0 Å². The minimum Gasteiger partial charge on any atom is -0.497 e. The first-order chi connectivity index (χ1) is 14.6. The van der Waals surface area contributed by atoms with Gasteiger partial charge in [-0.1, -0.05) is 48.5 Å². The Morgan fingerprint density at radius 2 is 1.33 bits per heavy atom. The molecule has 4 N–H and O–H groups in total. The van der Waals surface area contributed by atoms with Crippen molar-refractivity contribution in [3.63, 3.8) is 0 Å². The Morgan fingerprint density at radius 1 is 0.700 bits per heavy atom. The highest BCUT2D eigenvalue weighted by Gasteiger charge is 2.08. The lowest BCUT2D eigenvalue weighted by atomic mass is 10.0. The number of hydrazine groups is 1. The smallest absolute Gasteiger partial charge is 0.189 e. The molecule has 0 aliphatic carbocycles. The fourth-order valence-electron chi connectivity index (χ4n) is 2.79. The molecule has 30 heavy (non-hydrogen) atoms. The van der Waals surface area contributed by atoms with E-state index in [0.29, 0.717) is 27.4 Å². The molecule has 0 amide bonds. The number of hydrogen-bond acceptors (Lipinski definition) is 4. The predicted octanol–water partition coefficient (Wildman–Crippen LogP) is 4.56. The van der Waals surface area contributed by atoms with E-state index in [1.54, 1.807) is 26.4 Å². The third-order valence-corrected chi connectivity index (χ3v) is 4.61. The molecule has 0 atom stereocenters. The summed E-state index contributed by atoms with van der Waals surface area (Å²) in [5, 5.41) is 6.95. The zero-order chi connectivity index (χ0) is 21.3. The van der Waals surface area contributed by atoms with Gasteiger partial charge in [-0.25, -0.2) is 0 Å². The van der Waals surface area contributed by atoms with Crippen LogP contribution >= 0.6 is 24.4 Å². The lowest BCUT2D eigenvalue weighted by molar-refractivity contribution is 0.405. The van der Waals surface area contributed by atoms with Crippen molar-refractivity contribution in [2.24, 2.45) is 0 Å². The van der Waals surface area contributed by atoms with Gasteiger partial charge in [0, 0.05) is 17.3 Å². The molecule has 154 valence electrons. The number of anilines is 2. The molecule has 0 aromatic heterocycles. The Balaban J connectivity index is 1.60. The van der Waals surface area contributed by atoms with Gasteiger partial charge in [-0.05, 0) is 48.2 Å². The van der Waals surface area contributed by atoms with E-state index < -0.39 is 0 Å². The van der Waals surface area contributed by atoms with Gasteiger partial charge in [0.25, 0.3) is 0 Å². The molecule has 0 aliphatic heterocycles. The van der Waals surface area contributed by atoms with E-state index in [1.807, 2.05) is 48.5 Å². The maximum absolute atomic E-state index is 5.40. The van der Waals surface area contributed by atoms with Crippen LogP contribution in [0.25, 0.3) is 11.1 Å². The van der Waals surface area contributed by atoms with Gasteiger partial charge in [0.15, 0.2) is 10.2 Å². The van der Waals surface area contributed by atoms with Crippen LogP contribution in [-0.4, -0.2) is 24.4 Å². The Hall–Kier alpha value is -3.36. The van der Waals surface area contributed by atoms with Crippen LogP contribution < -0.4 is 31.0 Å². The first kappa shape index (κ1) is 21.4. The second kappa shape index (κ2) is 10.4. The van der Waals surface area contributed by atoms with Gasteiger partial charge in [-0.2, -0.15) is 0 Å². The monoisotopic (exact) mass is 438 g/mol. The van der Waals surface area contributed by atoms with E-state index in [4.69, 9.17) is 33.9 Å². The molecular weight excluding hydrogens is 416 g/mol. The molecular formula is C22H22N4O2S2. The summed E-state index contributed by atoms with van der Waals surface area (Å²) in [4.78, 5) is 0. The second-order valence-electron chi connectivity index (χ2n) is 6.14. The van der Waals surface area contributed by atoms with Crippen molar-refractivity contribution in [3.05, 3.63) is 72.8 Å². The molecule has 0 saturated heterocycles. The summed E-state index contributed by atoms with van der Waals surface area (Å²) in [6, 6.07) is 23.4. The molecule has 0 aliphatic rings. The van der Waals surface area contributed by atoms with E-state index in [0.717, 1.165) is 16.8 Å². The number of thiocarbonyl (C=S) groups is 2. The molecule has 3 aromatic rings. The van der Waals surface area contributed by atoms with Gasteiger partial charge in [-0.3, -0.25) is 10.9 Å². The average Bonchev–Trinajstić information content (AvgIpc) is 2.78. The van der Waals surface area contributed by atoms with Gasteiger partial charge in [0.05, 0.1) is 19.9 Å². The summed E-state index contributed by atoms with van der Waals surface area (Å²) in [5.41, 5.74) is 9.46. The molecule has 0 heterocycles. The van der Waals surface area contributed by atoms with Crippen LogP contribution in [0.1, 0.15) is 0 Å². The van der Waals surface area contributed by atoms with Crippen LogP contribution in [0.3, 0.4) is 0 Å². The molecule has 0 fully saturated rings. The molecule has 0 spiro atoms. The molecule has 3 aromatic carbocycles. The number of rotatable bonds is 5. The van der Waals surface area contributed by atoms with Crippen molar-refractivity contribution in [3.8, 4) is 22.6 Å². The highest BCUT2D eigenvalue weighted by Crippen LogP contribution is 2.29. The number of nitrogens with one attached hydrogen (secondary N) is 4. The maximum Gasteiger partial charge on any atom is 0.189 e. The first-order valence-corrected chi connectivity index (χ1v) is 9.93. The van der Waals surface area contributed by atoms with E-state index in [2.05, 4.69) is 33.6 Å². The fourth-order valence-corrected chi connectivity index (χ4v) is 3.12. The molecule has 0 unspecified atom stereocenters. The molecule has 3 rings (SSSR count). The van der Waals surface area contributed by atoms with Crippen molar-refractivity contribution < 1.29 is 9.47 Å². The second-order valence-corrected chi connectivity index (χ2v) is 6.95. The number of methoxy groups -OCH3 is 2. The fraction of sp³-hybridized carbons (Fsp3) is 0.0909. The summed E-state index contributed by atoms with van der Waals surface area (Å²) < 4.78 is 10.6. The van der Waals surface area contributed by atoms with Gasteiger partial charge in [0.2, 0.25) is 0 Å². The maximum atomic E-state index is 5.40. The molecule has 6 nitrogen and oxygen atoms in total. The minimum absolute atomic E-state index is 0.321.